The number of benzene rings is 1. The van der Waals surface area contributed by atoms with Gasteiger partial charge in [0.1, 0.15) is 5.03 Å². The maximum absolute atomic E-state index is 12.3. The van der Waals surface area contributed by atoms with E-state index in [2.05, 4.69) is 10.3 Å². The van der Waals surface area contributed by atoms with Crippen LogP contribution in [0.5, 0.6) is 0 Å². The molecule has 2 aromatic rings. The molecule has 1 heterocycles. The smallest absolute Gasteiger partial charge is 0.254 e. The fraction of sp³-hybridized carbons (Fsp3) is 0.250. The third kappa shape index (κ3) is 3.84. The van der Waals surface area contributed by atoms with Crippen molar-refractivity contribution in [3.63, 3.8) is 0 Å². The number of nitrogens with one attached hydrogen (secondary N) is 1. The summed E-state index contributed by atoms with van der Waals surface area (Å²) in [5, 5.41) is 3.72. The first-order chi connectivity index (χ1) is 9.70. The zero-order chi connectivity index (χ0) is 14.4. The minimum absolute atomic E-state index is 0.0640. The van der Waals surface area contributed by atoms with E-state index in [0.717, 1.165) is 16.3 Å². The third-order valence-electron chi connectivity index (χ3n) is 2.96. The highest BCUT2D eigenvalue weighted by atomic mass is 32.2. The Labute approximate surface area is 123 Å². The van der Waals surface area contributed by atoms with Crippen LogP contribution >= 0.6 is 11.8 Å². The van der Waals surface area contributed by atoms with Gasteiger partial charge >= 0.3 is 0 Å². The number of pyridine rings is 1. The Kier molecular flexibility index (Phi) is 5.18. The molecule has 20 heavy (non-hydrogen) atoms. The van der Waals surface area contributed by atoms with Crippen LogP contribution in [0.25, 0.3) is 0 Å². The fourth-order valence-electron chi connectivity index (χ4n) is 1.65. The first kappa shape index (κ1) is 14.6. The van der Waals surface area contributed by atoms with Gasteiger partial charge in [-0.3, -0.25) is 4.79 Å². The van der Waals surface area contributed by atoms with Crippen LogP contribution in [-0.2, 0) is 0 Å². The fourth-order valence-corrected chi connectivity index (χ4v) is 2.55. The number of hydrogen-bond donors (Lipinski definition) is 1. The summed E-state index contributed by atoms with van der Waals surface area (Å²) in [6, 6.07) is 13.7. The molecule has 0 unspecified atom stereocenters. The maximum Gasteiger partial charge on any atom is 0.254 e. The lowest BCUT2D eigenvalue weighted by atomic mass is 10.2. The second-order valence-electron chi connectivity index (χ2n) is 4.55. The van der Waals surface area contributed by atoms with Crippen molar-refractivity contribution < 1.29 is 4.79 Å². The molecular weight excluding hydrogens is 268 g/mol. The van der Waals surface area contributed by atoms with Gasteiger partial charge in [-0.15, -0.1) is 0 Å². The van der Waals surface area contributed by atoms with Crippen molar-refractivity contribution in [1.82, 2.24) is 10.3 Å². The van der Waals surface area contributed by atoms with Crippen LogP contribution in [0.1, 0.15) is 30.6 Å². The van der Waals surface area contributed by atoms with Gasteiger partial charge in [0.2, 0.25) is 0 Å². The van der Waals surface area contributed by atoms with E-state index in [4.69, 9.17) is 0 Å². The lowest BCUT2D eigenvalue weighted by Crippen LogP contribution is -2.32. The summed E-state index contributed by atoms with van der Waals surface area (Å²) in [7, 11) is 0. The molecule has 0 fully saturated rings. The topological polar surface area (TPSA) is 42.0 Å². The monoisotopic (exact) mass is 286 g/mol. The van der Waals surface area contributed by atoms with Gasteiger partial charge in [-0.25, -0.2) is 4.98 Å². The van der Waals surface area contributed by atoms with Crippen molar-refractivity contribution in [2.75, 3.05) is 0 Å². The molecule has 1 aromatic heterocycles. The molecule has 4 heteroatoms. The second kappa shape index (κ2) is 7.10. The molecule has 0 spiro atoms. The van der Waals surface area contributed by atoms with Gasteiger partial charge in [-0.2, -0.15) is 0 Å². The molecule has 1 amide bonds. The average Bonchev–Trinajstić information content (AvgIpc) is 2.48. The van der Waals surface area contributed by atoms with Gasteiger partial charge in [0.05, 0.1) is 5.56 Å². The molecule has 0 aliphatic rings. The lowest BCUT2D eigenvalue weighted by molar-refractivity contribution is 0.0935. The Morgan fingerprint density at radius 3 is 2.70 bits per heavy atom. The molecule has 104 valence electrons. The number of carbonyl (C=O) groups is 1. The summed E-state index contributed by atoms with van der Waals surface area (Å²) >= 11 is 1.51. The molecule has 2 rings (SSSR count). The van der Waals surface area contributed by atoms with Gasteiger partial charge in [0.25, 0.3) is 5.91 Å². The predicted molar refractivity (Wildman–Crippen MR) is 82.0 cm³/mol. The van der Waals surface area contributed by atoms with Crippen molar-refractivity contribution in [3.05, 3.63) is 54.2 Å². The molecule has 1 aromatic carbocycles. The molecule has 3 nitrogen and oxygen atoms in total. The normalized spacial score (nSPS) is 11.9. The van der Waals surface area contributed by atoms with Crippen molar-refractivity contribution in [1.29, 1.82) is 0 Å². The Hall–Kier alpha value is -1.81. The molecule has 0 aliphatic carbocycles. The van der Waals surface area contributed by atoms with Crippen molar-refractivity contribution in [3.8, 4) is 0 Å². The van der Waals surface area contributed by atoms with Crippen molar-refractivity contribution in [2.45, 2.75) is 36.2 Å². The van der Waals surface area contributed by atoms with E-state index in [1.807, 2.05) is 50.2 Å². The summed E-state index contributed by atoms with van der Waals surface area (Å²) in [6.45, 7) is 4.05. The number of carbonyl (C=O) groups excluding carboxylic acids is 1. The summed E-state index contributed by atoms with van der Waals surface area (Å²) in [5.41, 5.74) is 0.627. The highest BCUT2D eigenvalue weighted by molar-refractivity contribution is 7.99. The molecule has 0 saturated carbocycles. The first-order valence-corrected chi connectivity index (χ1v) is 7.51. The van der Waals surface area contributed by atoms with Crippen molar-refractivity contribution >= 4 is 17.7 Å². The Morgan fingerprint density at radius 1 is 1.25 bits per heavy atom. The van der Waals surface area contributed by atoms with E-state index in [0.29, 0.717) is 5.56 Å². The van der Waals surface area contributed by atoms with Crippen LogP contribution in [0.4, 0.5) is 0 Å². The van der Waals surface area contributed by atoms with E-state index >= 15 is 0 Å². The van der Waals surface area contributed by atoms with Crippen LogP contribution in [0.2, 0.25) is 0 Å². The molecule has 0 aliphatic heterocycles. The lowest BCUT2D eigenvalue weighted by Gasteiger charge is -2.13. The van der Waals surface area contributed by atoms with Crippen LogP contribution in [0.15, 0.2) is 58.6 Å². The Morgan fingerprint density at radius 2 is 2.00 bits per heavy atom. The summed E-state index contributed by atoms with van der Waals surface area (Å²) < 4.78 is 0. The summed E-state index contributed by atoms with van der Waals surface area (Å²) in [6.07, 6.45) is 2.62. The maximum atomic E-state index is 12.3. The van der Waals surface area contributed by atoms with Gasteiger partial charge in [0, 0.05) is 17.1 Å². The largest absolute Gasteiger partial charge is 0.350 e. The molecular formula is C16H18N2OS. The molecule has 0 bridgehead atoms. The average molecular weight is 286 g/mol. The van der Waals surface area contributed by atoms with Crippen LogP contribution < -0.4 is 5.32 Å². The summed E-state index contributed by atoms with van der Waals surface area (Å²) in [5.74, 6) is -0.0640. The van der Waals surface area contributed by atoms with E-state index in [-0.39, 0.29) is 11.9 Å². The van der Waals surface area contributed by atoms with Gasteiger partial charge in [-0.1, -0.05) is 36.9 Å². The minimum atomic E-state index is -0.0640. The van der Waals surface area contributed by atoms with Crippen molar-refractivity contribution in [2.24, 2.45) is 0 Å². The van der Waals surface area contributed by atoms with Crippen LogP contribution in [-0.4, -0.2) is 16.9 Å². The number of amides is 1. The molecule has 0 saturated heterocycles. The summed E-state index contributed by atoms with van der Waals surface area (Å²) in [4.78, 5) is 17.7. The van der Waals surface area contributed by atoms with Crippen LogP contribution in [0.3, 0.4) is 0 Å². The van der Waals surface area contributed by atoms with E-state index in [1.165, 1.54) is 11.8 Å². The highest BCUT2D eigenvalue weighted by Gasteiger charge is 2.14. The number of rotatable bonds is 5. The predicted octanol–water partition coefficient (Wildman–Crippen LogP) is 3.76. The van der Waals surface area contributed by atoms with Gasteiger partial charge < -0.3 is 5.32 Å². The third-order valence-corrected chi connectivity index (χ3v) is 3.99. The minimum Gasteiger partial charge on any atom is -0.350 e. The Bertz CT molecular complexity index is 572. The zero-order valence-corrected chi connectivity index (χ0v) is 12.5. The molecule has 1 atom stereocenters. The van der Waals surface area contributed by atoms with E-state index < -0.39 is 0 Å². The van der Waals surface area contributed by atoms with E-state index in [9.17, 15) is 4.79 Å². The highest BCUT2D eigenvalue weighted by Crippen LogP contribution is 2.28. The van der Waals surface area contributed by atoms with Gasteiger partial charge in [-0.05, 0) is 37.6 Å². The molecule has 0 radical (unpaired) electrons. The van der Waals surface area contributed by atoms with Crippen LogP contribution in [0, 0.1) is 0 Å². The quantitative estimate of drug-likeness (QED) is 0.910. The number of nitrogens with zero attached hydrogens (tertiary/aromatic N) is 1. The zero-order valence-electron chi connectivity index (χ0n) is 11.7. The molecule has 1 N–H and O–H groups in total. The number of hydrogen-bond acceptors (Lipinski definition) is 3. The first-order valence-electron chi connectivity index (χ1n) is 6.69. The Balaban J connectivity index is 2.20. The van der Waals surface area contributed by atoms with E-state index in [1.54, 1.807) is 12.3 Å². The standard InChI is InChI=1S/C16H18N2OS/c1-3-12(2)18-15(19)14-10-7-11-17-16(14)20-13-8-5-4-6-9-13/h4-12H,3H2,1-2H3,(H,18,19)/t12-/m1/s1. The van der Waals surface area contributed by atoms with Gasteiger partial charge in [0.15, 0.2) is 0 Å². The number of aromatic nitrogens is 1. The second-order valence-corrected chi connectivity index (χ2v) is 5.62. The SMILES string of the molecule is CC[C@@H](C)NC(=O)c1cccnc1Sc1ccccc1.